The second-order valence-corrected chi connectivity index (χ2v) is 8.60. The average Bonchev–Trinajstić information content (AvgIpc) is 3.22. The van der Waals surface area contributed by atoms with Gasteiger partial charge < -0.3 is 10.2 Å². The van der Waals surface area contributed by atoms with Crippen LogP contribution in [0.5, 0.6) is 0 Å². The smallest absolute Gasteiger partial charge is 0.0465 e. The lowest BCUT2D eigenvalue weighted by Crippen LogP contribution is -2.47. The molecule has 2 saturated carbocycles. The van der Waals surface area contributed by atoms with Crippen molar-refractivity contribution < 1.29 is 0 Å². The average molecular weight is 327 g/mol. The highest BCUT2D eigenvalue weighted by Crippen LogP contribution is 2.55. The van der Waals surface area contributed by atoms with Gasteiger partial charge in [-0.05, 0) is 89.0 Å². The van der Waals surface area contributed by atoms with Gasteiger partial charge in [0.2, 0.25) is 0 Å². The fourth-order valence-corrected chi connectivity index (χ4v) is 5.65. The van der Waals surface area contributed by atoms with E-state index in [1.165, 1.54) is 83.1 Å². The first-order valence-corrected chi connectivity index (χ1v) is 10.3. The lowest BCUT2D eigenvalue weighted by molar-refractivity contribution is 0.193. The van der Waals surface area contributed by atoms with Gasteiger partial charge >= 0.3 is 0 Å². The molecule has 4 rings (SSSR count). The van der Waals surface area contributed by atoms with Crippen LogP contribution >= 0.6 is 0 Å². The second kappa shape index (κ2) is 7.17. The summed E-state index contributed by atoms with van der Waals surface area (Å²) >= 11 is 0. The molecule has 2 nitrogen and oxygen atoms in total. The Morgan fingerprint density at radius 2 is 1.88 bits per heavy atom. The highest BCUT2D eigenvalue weighted by Gasteiger charge is 2.51. The molecular formula is C22H34N2. The van der Waals surface area contributed by atoms with E-state index in [9.17, 15) is 0 Å². The number of likely N-dealkylation sites (tertiary alicyclic amines) is 1. The van der Waals surface area contributed by atoms with E-state index in [2.05, 4.69) is 41.4 Å². The van der Waals surface area contributed by atoms with E-state index in [-0.39, 0.29) is 5.54 Å². The normalized spacial score (nSPS) is 33.2. The van der Waals surface area contributed by atoms with E-state index in [0.29, 0.717) is 0 Å². The van der Waals surface area contributed by atoms with Crippen LogP contribution in [0.3, 0.4) is 0 Å². The molecule has 1 aromatic rings. The van der Waals surface area contributed by atoms with E-state index in [0.717, 1.165) is 11.8 Å². The van der Waals surface area contributed by atoms with Gasteiger partial charge in [0.05, 0.1) is 0 Å². The van der Waals surface area contributed by atoms with Gasteiger partial charge in [0.1, 0.15) is 0 Å². The lowest BCUT2D eigenvalue weighted by Gasteiger charge is -2.40. The van der Waals surface area contributed by atoms with Crippen molar-refractivity contribution in [2.75, 3.05) is 26.2 Å². The molecule has 0 spiro atoms. The van der Waals surface area contributed by atoms with Crippen LogP contribution in [0.25, 0.3) is 0 Å². The number of rotatable bonds is 6. The number of nitrogens with one attached hydrogen (secondary N) is 1. The van der Waals surface area contributed by atoms with Crippen molar-refractivity contribution in [3.05, 3.63) is 35.4 Å². The molecule has 2 heteroatoms. The number of nitrogens with zero attached hydrogens (tertiary/aromatic N) is 1. The summed E-state index contributed by atoms with van der Waals surface area (Å²) < 4.78 is 0. The number of hydrogen-bond donors (Lipinski definition) is 1. The zero-order chi connectivity index (χ0) is 16.4. The van der Waals surface area contributed by atoms with Crippen LogP contribution < -0.4 is 5.32 Å². The van der Waals surface area contributed by atoms with Gasteiger partial charge in [0.25, 0.3) is 0 Å². The Morgan fingerprint density at radius 1 is 1.08 bits per heavy atom. The quantitative estimate of drug-likeness (QED) is 0.776. The van der Waals surface area contributed by atoms with Crippen LogP contribution in [-0.2, 0) is 5.54 Å². The van der Waals surface area contributed by atoms with Gasteiger partial charge in [0, 0.05) is 5.54 Å². The van der Waals surface area contributed by atoms with E-state index >= 15 is 0 Å². The molecule has 132 valence electrons. The minimum absolute atomic E-state index is 0.276. The molecule has 0 aromatic heterocycles. The Bertz CT molecular complexity index is 531. The third kappa shape index (κ3) is 3.28. The summed E-state index contributed by atoms with van der Waals surface area (Å²) in [6, 6.07) is 9.40. The molecule has 0 radical (unpaired) electrons. The number of benzene rings is 1. The molecule has 24 heavy (non-hydrogen) atoms. The predicted octanol–water partition coefficient (Wildman–Crippen LogP) is 4.48. The Kier molecular flexibility index (Phi) is 4.96. The molecular weight excluding hydrogens is 292 g/mol. The zero-order valence-corrected chi connectivity index (χ0v) is 15.4. The number of fused-ring (bicyclic) bond motifs is 2. The zero-order valence-electron chi connectivity index (χ0n) is 15.4. The molecule has 3 aliphatic rings. The molecule has 1 aliphatic heterocycles. The van der Waals surface area contributed by atoms with Gasteiger partial charge in [-0.2, -0.15) is 0 Å². The molecule has 1 N–H and O–H groups in total. The highest BCUT2D eigenvalue weighted by atomic mass is 15.1. The predicted molar refractivity (Wildman–Crippen MR) is 101 cm³/mol. The van der Waals surface area contributed by atoms with Crippen molar-refractivity contribution in [3.63, 3.8) is 0 Å². The monoisotopic (exact) mass is 326 g/mol. The van der Waals surface area contributed by atoms with Crippen molar-refractivity contribution in [3.8, 4) is 0 Å². The molecule has 2 aliphatic carbocycles. The van der Waals surface area contributed by atoms with Gasteiger partial charge in [0.15, 0.2) is 0 Å². The minimum Gasteiger partial charge on any atom is -0.307 e. The summed E-state index contributed by atoms with van der Waals surface area (Å²) in [6.07, 6.45) is 11.3. The molecule has 3 unspecified atom stereocenters. The van der Waals surface area contributed by atoms with E-state index < -0.39 is 0 Å². The first-order valence-electron chi connectivity index (χ1n) is 10.3. The number of piperidine rings is 1. The SMILES string of the molecule is Cc1ccc(C2(NCCCN3CCCCC3)CC3CCC2C3)cc1. The third-order valence-electron chi connectivity index (χ3n) is 6.96. The molecule has 3 fully saturated rings. The van der Waals surface area contributed by atoms with Crippen molar-refractivity contribution >= 4 is 0 Å². The molecule has 3 atom stereocenters. The summed E-state index contributed by atoms with van der Waals surface area (Å²) in [5.41, 5.74) is 3.21. The summed E-state index contributed by atoms with van der Waals surface area (Å²) in [6.45, 7) is 7.31. The summed E-state index contributed by atoms with van der Waals surface area (Å²) in [5.74, 6) is 1.83. The Labute approximate surface area is 148 Å². The highest BCUT2D eigenvalue weighted by molar-refractivity contribution is 5.31. The van der Waals surface area contributed by atoms with Crippen LogP contribution in [0, 0.1) is 18.8 Å². The Hall–Kier alpha value is -0.860. The molecule has 1 aromatic carbocycles. The topological polar surface area (TPSA) is 15.3 Å². The number of aryl methyl sites for hydroxylation is 1. The summed E-state index contributed by atoms with van der Waals surface area (Å²) in [7, 11) is 0. The van der Waals surface area contributed by atoms with Crippen molar-refractivity contribution in [1.29, 1.82) is 0 Å². The Balaban J connectivity index is 1.39. The first-order chi connectivity index (χ1) is 11.8. The van der Waals surface area contributed by atoms with Crippen LogP contribution in [0.15, 0.2) is 24.3 Å². The van der Waals surface area contributed by atoms with Gasteiger partial charge in [-0.3, -0.25) is 0 Å². The first kappa shape index (κ1) is 16.6. The van der Waals surface area contributed by atoms with Crippen LogP contribution in [0.2, 0.25) is 0 Å². The maximum Gasteiger partial charge on any atom is 0.0465 e. The molecule has 0 amide bonds. The largest absolute Gasteiger partial charge is 0.307 e. The molecule has 2 bridgehead atoms. The van der Waals surface area contributed by atoms with Crippen molar-refractivity contribution in [2.24, 2.45) is 11.8 Å². The summed E-state index contributed by atoms with van der Waals surface area (Å²) in [5, 5.41) is 4.08. The summed E-state index contributed by atoms with van der Waals surface area (Å²) in [4.78, 5) is 2.67. The van der Waals surface area contributed by atoms with Gasteiger partial charge in [-0.25, -0.2) is 0 Å². The second-order valence-electron chi connectivity index (χ2n) is 8.60. The lowest BCUT2D eigenvalue weighted by atomic mass is 9.75. The van der Waals surface area contributed by atoms with Gasteiger partial charge in [-0.1, -0.05) is 42.7 Å². The van der Waals surface area contributed by atoms with Crippen molar-refractivity contribution in [1.82, 2.24) is 10.2 Å². The minimum atomic E-state index is 0.276. The van der Waals surface area contributed by atoms with Crippen molar-refractivity contribution in [2.45, 2.75) is 63.8 Å². The van der Waals surface area contributed by atoms with E-state index in [1.54, 1.807) is 5.56 Å². The standard InChI is InChI=1S/C22H34N2/c1-18-6-9-20(10-7-18)22(17-19-8-11-21(22)16-19)23-12-5-15-24-13-3-2-4-14-24/h6-7,9-10,19,21,23H,2-5,8,11-17H2,1H3. The fraction of sp³-hybridized carbons (Fsp3) is 0.727. The molecule has 1 saturated heterocycles. The third-order valence-corrected chi connectivity index (χ3v) is 6.96. The van der Waals surface area contributed by atoms with Crippen LogP contribution in [0.4, 0.5) is 0 Å². The van der Waals surface area contributed by atoms with E-state index in [1.807, 2.05) is 0 Å². The maximum absolute atomic E-state index is 4.08. The number of hydrogen-bond acceptors (Lipinski definition) is 2. The van der Waals surface area contributed by atoms with E-state index in [4.69, 9.17) is 0 Å². The van der Waals surface area contributed by atoms with Crippen LogP contribution in [-0.4, -0.2) is 31.1 Å². The van der Waals surface area contributed by atoms with Gasteiger partial charge in [-0.15, -0.1) is 0 Å². The van der Waals surface area contributed by atoms with Crippen LogP contribution in [0.1, 0.15) is 62.5 Å². The Morgan fingerprint density at radius 3 is 2.54 bits per heavy atom. The maximum atomic E-state index is 4.08. The fourth-order valence-electron chi connectivity index (χ4n) is 5.65. The molecule has 1 heterocycles.